The number of ether oxygens (including phenoxy) is 1. The molecule has 1 aromatic carbocycles. The van der Waals surface area contributed by atoms with Crippen molar-refractivity contribution >= 4 is 23.4 Å². The second-order valence-corrected chi connectivity index (χ2v) is 3.29. The van der Waals surface area contributed by atoms with Crippen LogP contribution in [-0.4, -0.2) is 7.11 Å². The van der Waals surface area contributed by atoms with Crippen molar-refractivity contribution in [1.82, 2.24) is 0 Å². The molecule has 0 unspecified atom stereocenters. The third kappa shape index (κ3) is 2.90. The van der Waals surface area contributed by atoms with Crippen LogP contribution in [0.1, 0.15) is 12.0 Å². The van der Waals surface area contributed by atoms with Crippen molar-refractivity contribution in [3.05, 3.63) is 28.8 Å². The van der Waals surface area contributed by atoms with E-state index in [9.17, 15) is 0 Å². The Morgan fingerprint density at radius 3 is 2.93 bits per heavy atom. The van der Waals surface area contributed by atoms with E-state index in [-0.39, 0.29) is 0 Å². The number of nitrogen functional groups attached to an aromatic ring is 1. The maximum absolute atomic E-state index is 8.38. The molecule has 0 aliphatic heterocycles. The molecule has 0 atom stereocenters. The zero-order valence-electron chi connectivity index (χ0n) is 8.33. The topological polar surface area (TPSA) is 59.0 Å². The van der Waals surface area contributed by atoms with Crippen LogP contribution in [0.4, 0.5) is 5.69 Å². The van der Waals surface area contributed by atoms with Gasteiger partial charge in [0.1, 0.15) is 5.75 Å². The lowest BCUT2D eigenvalue weighted by molar-refractivity contribution is 0.417. The molecule has 0 bridgehead atoms. The molecule has 0 aliphatic carbocycles. The number of nitrogens with two attached hydrogens (primary N) is 1. The Hall–Kier alpha value is -1.66. The van der Waals surface area contributed by atoms with E-state index in [1.165, 1.54) is 0 Å². The molecule has 0 amide bonds. The minimum atomic E-state index is 0.350. The quantitative estimate of drug-likeness (QED) is 0.800. The fourth-order valence-corrected chi connectivity index (χ4v) is 1.36. The first kappa shape index (κ1) is 11.4. The van der Waals surface area contributed by atoms with Gasteiger partial charge in [0.25, 0.3) is 0 Å². The number of hydrogen-bond donors (Lipinski definition) is 1. The van der Waals surface area contributed by atoms with Crippen LogP contribution < -0.4 is 10.5 Å². The maximum Gasteiger partial charge on any atom is 0.142 e. The average molecular weight is 223 g/mol. The Morgan fingerprint density at radius 1 is 1.60 bits per heavy atom. The second kappa shape index (κ2) is 5.28. The van der Waals surface area contributed by atoms with Crippen LogP contribution in [0.5, 0.6) is 5.75 Å². The number of benzene rings is 1. The summed E-state index contributed by atoms with van der Waals surface area (Å²) in [5.41, 5.74) is 6.96. The third-order valence-electron chi connectivity index (χ3n) is 1.86. The van der Waals surface area contributed by atoms with E-state index in [2.05, 4.69) is 0 Å². The molecule has 4 heteroatoms. The number of hydrogen-bond acceptors (Lipinski definition) is 3. The molecule has 0 fully saturated rings. The van der Waals surface area contributed by atoms with Gasteiger partial charge < -0.3 is 10.5 Å². The summed E-state index contributed by atoms with van der Waals surface area (Å²) in [6.45, 7) is 0. The van der Waals surface area contributed by atoms with Crippen LogP contribution in [0, 0.1) is 11.3 Å². The van der Waals surface area contributed by atoms with Gasteiger partial charge in [0.2, 0.25) is 0 Å². The van der Waals surface area contributed by atoms with Crippen molar-refractivity contribution in [1.29, 1.82) is 5.26 Å². The van der Waals surface area contributed by atoms with E-state index >= 15 is 0 Å². The fourth-order valence-electron chi connectivity index (χ4n) is 1.13. The van der Waals surface area contributed by atoms with Crippen molar-refractivity contribution in [3.8, 4) is 11.8 Å². The number of methoxy groups -OCH3 is 1. The van der Waals surface area contributed by atoms with E-state index in [0.29, 0.717) is 22.9 Å². The van der Waals surface area contributed by atoms with Crippen LogP contribution in [0.3, 0.4) is 0 Å². The Labute approximate surface area is 93.7 Å². The van der Waals surface area contributed by atoms with Gasteiger partial charge in [0, 0.05) is 0 Å². The van der Waals surface area contributed by atoms with Crippen LogP contribution in [0.2, 0.25) is 5.02 Å². The number of halogens is 1. The van der Waals surface area contributed by atoms with Gasteiger partial charge >= 0.3 is 0 Å². The third-order valence-corrected chi connectivity index (χ3v) is 2.18. The Kier molecular flexibility index (Phi) is 4.02. The van der Waals surface area contributed by atoms with E-state index in [1.54, 1.807) is 31.4 Å². The molecular weight excluding hydrogens is 212 g/mol. The summed E-state index contributed by atoms with van der Waals surface area (Å²) < 4.78 is 5.06. The first-order valence-corrected chi connectivity index (χ1v) is 4.73. The molecule has 15 heavy (non-hydrogen) atoms. The van der Waals surface area contributed by atoms with Gasteiger partial charge in [-0.1, -0.05) is 23.8 Å². The molecule has 0 aromatic heterocycles. The predicted molar refractivity (Wildman–Crippen MR) is 61.7 cm³/mol. The van der Waals surface area contributed by atoms with Crippen molar-refractivity contribution in [2.45, 2.75) is 6.42 Å². The molecule has 0 spiro atoms. The molecule has 0 saturated carbocycles. The van der Waals surface area contributed by atoms with Crippen molar-refractivity contribution < 1.29 is 4.74 Å². The zero-order chi connectivity index (χ0) is 11.3. The summed E-state index contributed by atoms with van der Waals surface area (Å²) in [5.74, 6) is 0.580. The van der Waals surface area contributed by atoms with Crippen molar-refractivity contribution in [3.63, 3.8) is 0 Å². The molecule has 0 aliphatic rings. The molecule has 0 heterocycles. The number of nitriles is 1. The lowest BCUT2D eigenvalue weighted by Gasteiger charge is -2.06. The highest BCUT2D eigenvalue weighted by Gasteiger charge is 2.04. The Balaban J connectivity index is 3.03. The number of nitrogens with zero attached hydrogens (tertiary/aromatic N) is 1. The summed E-state index contributed by atoms with van der Waals surface area (Å²) in [5, 5.41) is 8.92. The highest BCUT2D eigenvalue weighted by molar-refractivity contribution is 6.32. The summed E-state index contributed by atoms with van der Waals surface area (Å²) in [6, 6.07) is 5.38. The monoisotopic (exact) mass is 222 g/mol. The lowest BCUT2D eigenvalue weighted by atomic mass is 10.1. The number of rotatable bonds is 3. The Morgan fingerprint density at radius 2 is 2.33 bits per heavy atom. The molecule has 2 N–H and O–H groups in total. The van der Waals surface area contributed by atoms with E-state index in [0.717, 1.165) is 5.56 Å². The van der Waals surface area contributed by atoms with Crippen LogP contribution >= 0.6 is 11.6 Å². The van der Waals surface area contributed by atoms with Crippen LogP contribution in [0.15, 0.2) is 18.2 Å². The van der Waals surface area contributed by atoms with E-state index in [1.807, 2.05) is 6.07 Å². The minimum absolute atomic E-state index is 0.350. The lowest BCUT2D eigenvalue weighted by Crippen LogP contribution is -1.93. The molecule has 1 rings (SSSR count). The van der Waals surface area contributed by atoms with Gasteiger partial charge in [-0.15, -0.1) is 0 Å². The number of anilines is 1. The van der Waals surface area contributed by atoms with E-state index < -0.39 is 0 Å². The summed E-state index contributed by atoms with van der Waals surface area (Å²) in [6.07, 6.45) is 3.85. The van der Waals surface area contributed by atoms with Gasteiger partial charge in [-0.05, 0) is 17.7 Å². The normalized spacial score (nSPS) is 10.2. The second-order valence-electron chi connectivity index (χ2n) is 2.88. The smallest absolute Gasteiger partial charge is 0.142 e. The van der Waals surface area contributed by atoms with Gasteiger partial charge in [0.05, 0.1) is 30.3 Å². The predicted octanol–water partition coefficient (Wildman–Crippen LogP) is 2.86. The van der Waals surface area contributed by atoms with Crippen molar-refractivity contribution in [2.75, 3.05) is 12.8 Å². The maximum atomic E-state index is 8.38. The molecule has 0 radical (unpaired) electrons. The first-order valence-electron chi connectivity index (χ1n) is 4.35. The minimum Gasteiger partial charge on any atom is -0.495 e. The summed E-state index contributed by atoms with van der Waals surface area (Å²) in [7, 11) is 1.54. The van der Waals surface area contributed by atoms with Crippen molar-refractivity contribution in [2.24, 2.45) is 0 Å². The summed E-state index contributed by atoms with van der Waals surface area (Å²) in [4.78, 5) is 0. The molecule has 1 aromatic rings. The molecule has 3 nitrogen and oxygen atoms in total. The molecule has 78 valence electrons. The van der Waals surface area contributed by atoms with E-state index in [4.69, 9.17) is 27.3 Å². The standard InChI is InChI=1S/C11H11ClN2O/c1-15-11-6-8(4-2-3-5-13)9(12)7-10(11)14/h2,4,6-7H,3,14H2,1H3. The highest BCUT2D eigenvalue weighted by Crippen LogP contribution is 2.29. The molecule has 0 saturated heterocycles. The first-order chi connectivity index (χ1) is 7.19. The zero-order valence-corrected chi connectivity index (χ0v) is 9.08. The highest BCUT2D eigenvalue weighted by atomic mass is 35.5. The average Bonchev–Trinajstić information content (AvgIpc) is 2.21. The molecular formula is C11H11ClN2O. The van der Waals surface area contributed by atoms with Gasteiger partial charge in [-0.25, -0.2) is 0 Å². The largest absolute Gasteiger partial charge is 0.495 e. The van der Waals surface area contributed by atoms with Crippen LogP contribution in [-0.2, 0) is 0 Å². The SMILES string of the molecule is COc1cc(C=CCC#N)c(Cl)cc1N. The fraction of sp³-hybridized carbons (Fsp3) is 0.182. The van der Waals surface area contributed by atoms with Gasteiger partial charge in [-0.3, -0.25) is 0 Å². The van der Waals surface area contributed by atoms with Gasteiger partial charge in [0.15, 0.2) is 0 Å². The number of allylic oxidation sites excluding steroid dienone is 1. The van der Waals surface area contributed by atoms with Crippen LogP contribution in [0.25, 0.3) is 6.08 Å². The Bertz CT molecular complexity index is 421. The summed E-state index contributed by atoms with van der Waals surface area (Å²) >= 11 is 5.97. The van der Waals surface area contributed by atoms with Gasteiger partial charge in [-0.2, -0.15) is 5.26 Å².